The quantitative estimate of drug-likeness (QED) is 0.694. The molecule has 1 N–H and O–H groups in total. The Hall–Kier alpha value is -0.0800. The van der Waals surface area contributed by atoms with Crippen LogP contribution in [0.3, 0.4) is 0 Å². The average molecular weight is 188 g/mol. The molecule has 0 aromatic rings. The molecular weight excluding hydrogens is 164 g/mol. The van der Waals surface area contributed by atoms with Gasteiger partial charge in [-0.15, -0.1) is 0 Å². The maximum absolute atomic E-state index is 10.0. The van der Waals surface area contributed by atoms with Gasteiger partial charge in [-0.3, -0.25) is 0 Å². The van der Waals surface area contributed by atoms with Crippen LogP contribution in [0.2, 0.25) is 0 Å². The predicted octanol–water partition coefficient (Wildman–Crippen LogP) is 2.60. The van der Waals surface area contributed by atoms with Crippen molar-refractivity contribution in [1.29, 1.82) is 0 Å². The lowest BCUT2D eigenvalue weighted by Gasteiger charge is -2.36. The molecule has 0 aromatic carbocycles. The lowest BCUT2D eigenvalue weighted by molar-refractivity contribution is -0.128. The Labute approximate surface area is 82.3 Å². The molecule has 0 saturated heterocycles. The van der Waals surface area contributed by atoms with Crippen molar-refractivity contribution in [2.75, 3.05) is 6.61 Å². The van der Waals surface area contributed by atoms with Crippen LogP contribution in [0.15, 0.2) is 0 Å². The lowest BCUT2D eigenvalue weighted by atomic mass is 9.86. The van der Waals surface area contributed by atoms with Crippen molar-refractivity contribution in [2.45, 2.75) is 59.2 Å². The molecule has 80 valence electrons. The Morgan fingerprint density at radius 1 is 1.31 bits per heavy atom. The number of ether oxygens (including phenoxy) is 1. The van der Waals surface area contributed by atoms with E-state index < -0.39 is 0 Å². The fourth-order valence-electron chi connectivity index (χ4n) is 1.55. The molecule has 0 bridgehead atoms. The van der Waals surface area contributed by atoms with Crippen molar-refractivity contribution in [2.24, 2.45) is 5.92 Å². The third kappa shape index (κ3) is 3.28. The van der Waals surface area contributed by atoms with Crippen LogP contribution < -0.4 is 0 Å². The summed E-state index contributed by atoms with van der Waals surface area (Å²) in [7, 11) is 0. The standard InChI is InChI=1S/C11H24O2/c1-6-9(4)10(12)11(5,7-2)13-8-3/h9-10,12H,6-8H2,1-5H3. The normalized spacial score (nSPS) is 20.8. The van der Waals surface area contributed by atoms with Crippen LogP contribution in [0, 0.1) is 5.92 Å². The lowest BCUT2D eigenvalue weighted by Crippen LogP contribution is -2.45. The van der Waals surface area contributed by atoms with Crippen LogP contribution in [-0.2, 0) is 4.74 Å². The molecule has 2 nitrogen and oxygen atoms in total. The van der Waals surface area contributed by atoms with Gasteiger partial charge in [-0.25, -0.2) is 0 Å². The van der Waals surface area contributed by atoms with E-state index in [1.165, 1.54) is 0 Å². The Morgan fingerprint density at radius 2 is 1.85 bits per heavy atom. The van der Waals surface area contributed by atoms with E-state index in [4.69, 9.17) is 4.74 Å². The maximum atomic E-state index is 10.0. The van der Waals surface area contributed by atoms with Gasteiger partial charge in [0.05, 0.1) is 11.7 Å². The highest BCUT2D eigenvalue weighted by Crippen LogP contribution is 2.26. The van der Waals surface area contributed by atoms with E-state index >= 15 is 0 Å². The number of aliphatic hydroxyl groups excluding tert-OH is 1. The molecule has 13 heavy (non-hydrogen) atoms. The van der Waals surface area contributed by atoms with Gasteiger partial charge < -0.3 is 9.84 Å². The Kier molecular flexibility index (Phi) is 5.57. The van der Waals surface area contributed by atoms with Gasteiger partial charge in [-0.05, 0) is 26.2 Å². The second-order valence-electron chi connectivity index (χ2n) is 3.93. The molecule has 0 rings (SSSR count). The summed E-state index contributed by atoms with van der Waals surface area (Å²) in [5, 5.41) is 10.0. The first-order valence-electron chi connectivity index (χ1n) is 5.33. The van der Waals surface area contributed by atoms with Gasteiger partial charge in [0.25, 0.3) is 0 Å². The van der Waals surface area contributed by atoms with Crippen molar-refractivity contribution < 1.29 is 9.84 Å². The number of rotatable bonds is 6. The minimum atomic E-state index is -0.371. The van der Waals surface area contributed by atoms with E-state index in [1.807, 2.05) is 13.8 Å². The van der Waals surface area contributed by atoms with Crippen molar-refractivity contribution in [3.8, 4) is 0 Å². The van der Waals surface area contributed by atoms with E-state index in [2.05, 4.69) is 20.8 Å². The summed E-state index contributed by atoms with van der Waals surface area (Å²) >= 11 is 0. The molecule has 3 unspecified atom stereocenters. The average Bonchev–Trinajstić information content (AvgIpc) is 2.15. The number of hydrogen-bond donors (Lipinski definition) is 1. The van der Waals surface area contributed by atoms with Crippen LogP contribution in [0.25, 0.3) is 0 Å². The van der Waals surface area contributed by atoms with E-state index in [9.17, 15) is 5.11 Å². The first-order valence-corrected chi connectivity index (χ1v) is 5.33. The van der Waals surface area contributed by atoms with Crippen LogP contribution >= 0.6 is 0 Å². The summed E-state index contributed by atoms with van der Waals surface area (Å²) in [5.74, 6) is 0.302. The SMILES string of the molecule is CCOC(C)(CC)C(O)C(C)CC. The monoisotopic (exact) mass is 188 g/mol. The van der Waals surface area contributed by atoms with Crippen molar-refractivity contribution in [1.82, 2.24) is 0 Å². The van der Waals surface area contributed by atoms with Crippen molar-refractivity contribution in [3.63, 3.8) is 0 Å². The fourth-order valence-corrected chi connectivity index (χ4v) is 1.55. The topological polar surface area (TPSA) is 29.5 Å². The molecule has 0 fully saturated rings. The molecule has 2 heteroatoms. The largest absolute Gasteiger partial charge is 0.390 e. The second kappa shape index (κ2) is 5.61. The maximum Gasteiger partial charge on any atom is 0.0912 e. The molecule has 0 aliphatic carbocycles. The summed E-state index contributed by atoms with van der Waals surface area (Å²) in [6.45, 7) is 10.8. The molecule has 0 saturated carbocycles. The van der Waals surface area contributed by atoms with E-state index in [1.54, 1.807) is 0 Å². The van der Waals surface area contributed by atoms with Gasteiger partial charge in [0, 0.05) is 6.61 Å². The third-order valence-electron chi connectivity index (χ3n) is 2.98. The van der Waals surface area contributed by atoms with Crippen LogP contribution in [0.1, 0.15) is 47.5 Å². The number of hydrogen-bond acceptors (Lipinski definition) is 2. The Balaban J connectivity index is 4.35. The second-order valence-corrected chi connectivity index (χ2v) is 3.93. The predicted molar refractivity (Wildman–Crippen MR) is 55.8 cm³/mol. The number of aliphatic hydroxyl groups is 1. The molecule has 0 heterocycles. The van der Waals surface area contributed by atoms with Gasteiger partial charge in [-0.1, -0.05) is 27.2 Å². The van der Waals surface area contributed by atoms with Crippen LogP contribution in [0.5, 0.6) is 0 Å². The smallest absolute Gasteiger partial charge is 0.0912 e. The molecule has 0 aromatic heterocycles. The zero-order valence-electron chi connectivity index (χ0n) is 9.63. The fraction of sp³-hybridized carbons (Fsp3) is 1.00. The first kappa shape index (κ1) is 12.9. The molecule has 0 aliphatic rings. The summed E-state index contributed by atoms with van der Waals surface area (Å²) in [4.78, 5) is 0. The summed E-state index contributed by atoms with van der Waals surface area (Å²) in [6, 6.07) is 0. The van der Waals surface area contributed by atoms with E-state index in [0.29, 0.717) is 12.5 Å². The van der Waals surface area contributed by atoms with Gasteiger partial charge in [0.15, 0.2) is 0 Å². The van der Waals surface area contributed by atoms with Gasteiger partial charge in [-0.2, -0.15) is 0 Å². The van der Waals surface area contributed by atoms with Gasteiger partial charge >= 0.3 is 0 Å². The molecule has 3 atom stereocenters. The molecule has 0 aliphatic heterocycles. The molecule has 0 amide bonds. The molecular formula is C11H24O2. The van der Waals surface area contributed by atoms with E-state index in [-0.39, 0.29) is 11.7 Å². The zero-order valence-corrected chi connectivity index (χ0v) is 9.63. The van der Waals surface area contributed by atoms with Crippen LogP contribution in [-0.4, -0.2) is 23.4 Å². The Morgan fingerprint density at radius 3 is 2.15 bits per heavy atom. The first-order chi connectivity index (χ1) is 6.01. The Bertz CT molecular complexity index is 136. The summed E-state index contributed by atoms with van der Waals surface area (Å²) < 4.78 is 5.61. The molecule has 0 spiro atoms. The zero-order chi connectivity index (χ0) is 10.5. The van der Waals surface area contributed by atoms with E-state index in [0.717, 1.165) is 12.8 Å². The minimum Gasteiger partial charge on any atom is -0.390 e. The highest BCUT2D eigenvalue weighted by Gasteiger charge is 2.34. The highest BCUT2D eigenvalue weighted by atomic mass is 16.5. The summed E-state index contributed by atoms with van der Waals surface area (Å²) in [6.07, 6.45) is 1.48. The minimum absolute atomic E-state index is 0.302. The van der Waals surface area contributed by atoms with Gasteiger partial charge in [0.1, 0.15) is 0 Å². The van der Waals surface area contributed by atoms with Gasteiger partial charge in [0.2, 0.25) is 0 Å². The summed E-state index contributed by atoms with van der Waals surface area (Å²) in [5.41, 5.74) is -0.371. The third-order valence-corrected chi connectivity index (χ3v) is 2.98. The van der Waals surface area contributed by atoms with Crippen molar-refractivity contribution >= 4 is 0 Å². The van der Waals surface area contributed by atoms with Crippen molar-refractivity contribution in [3.05, 3.63) is 0 Å². The highest BCUT2D eigenvalue weighted by molar-refractivity contribution is 4.85. The molecule has 0 radical (unpaired) electrons. The van der Waals surface area contributed by atoms with Crippen LogP contribution in [0.4, 0.5) is 0 Å².